The highest BCUT2D eigenvalue weighted by Crippen LogP contribution is 2.30. The molecule has 0 radical (unpaired) electrons. The Morgan fingerprint density at radius 2 is 2.25 bits per heavy atom. The summed E-state index contributed by atoms with van der Waals surface area (Å²) in [6.07, 6.45) is 7.89. The lowest BCUT2D eigenvalue weighted by Gasteiger charge is -2.33. The summed E-state index contributed by atoms with van der Waals surface area (Å²) in [6.45, 7) is 0.750. The monoisotopic (exact) mass is 329 g/mol. The van der Waals surface area contributed by atoms with E-state index in [1.165, 1.54) is 13.3 Å². The SMILES string of the molecule is Cn1c(O)c(/C=N/N2CCCCC2c2cccnc2)c(=O)[nH]c1=O. The van der Waals surface area contributed by atoms with E-state index in [1.807, 2.05) is 23.3 Å². The third-order valence-electron chi connectivity index (χ3n) is 4.21. The van der Waals surface area contributed by atoms with Crippen LogP contribution in [-0.2, 0) is 7.05 Å². The molecule has 2 aromatic heterocycles. The van der Waals surface area contributed by atoms with Gasteiger partial charge in [0.15, 0.2) is 0 Å². The Hall–Kier alpha value is -2.90. The second-order valence-electron chi connectivity index (χ2n) is 5.76. The summed E-state index contributed by atoms with van der Waals surface area (Å²) in [5.74, 6) is -0.401. The van der Waals surface area contributed by atoms with Gasteiger partial charge in [0.05, 0.1) is 12.3 Å². The first-order valence-corrected chi connectivity index (χ1v) is 7.80. The predicted octanol–water partition coefficient (Wildman–Crippen LogP) is 0.735. The highest BCUT2D eigenvalue weighted by molar-refractivity contribution is 5.81. The number of aromatic amines is 1. The van der Waals surface area contributed by atoms with Crippen molar-refractivity contribution in [3.05, 3.63) is 56.5 Å². The number of nitrogens with zero attached hydrogens (tertiary/aromatic N) is 4. The maximum atomic E-state index is 11.9. The molecule has 2 aromatic rings. The topological polar surface area (TPSA) is 104 Å². The maximum absolute atomic E-state index is 11.9. The lowest BCUT2D eigenvalue weighted by atomic mass is 9.98. The zero-order valence-electron chi connectivity index (χ0n) is 13.3. The van der Waals surface area contributed by atoms with E-state index >= 15 is 0 Å². The van der Waals surface area contributed by atoms with Gasteiger partial charge in [0.2, 0.25) is 5.88 Å². The van der Waals surface area contributed by atoms with Crippen LogP contribution in [0.3, 0.4) is 0 Å². The first-order chi connectivity index (χ1) is 11.6. The molecular weight excluding hydrogens is 310 g/mol. The van der Waals surface area contributed by atoms with E-state index in [0.29, 0.717) is 0 Å². The zero-order chi connectivity index (χ0) is 17.1. The first-order valence-electron chi connectivity index (χ1n) is 7.80. The molecule has 0 aliphatic carbocycles. The molecule has 1 unspecified atom stereocenters. The van der Waals surface area contributed by atoms with E-state index in [4.69, 9.17) is 0 Å². The molecule has 0 bridgehead atoms. The quantitative estimate of drug-likeness (QED) is 0.808. The van der Waals surface area contributed by atoms with E-state index < -0.39 is 17.1 Å². The number of H-pyrrole nitrogens is 1. The van der Waals surface area contributed by atoms with Crippen LogP contribution in [0.1, 0.15) is 36.4 Å². The molecule has 126 valence electrons. The van der Waals surface area contributed by atoms with Crippen molar-refractivity contribution in [2.24, 2.45) is 12.1 Å². The molecule has 8 heteroatoms. The van der Waals surface area contributed by atoms with Crippen molar-refractivity contribution in [2.75, 3.05) is 6.54 Å². The maximum Gasteiger partial charge on any atom is 0.330 e. The normalized spacial score (nSPS) is 18.2. The summed E-state index contributed by atoms with van der Waals surface area (Å²) < 4.78 is 0.970. The zero-order valence-corrected chi connectivity index (χ0v) is 13.3. The molecule has 1 aliphatic heterocycles. The van der Waals surface area contributed by atoms with Gasteiger partial charge in [-0.15, -0.1) is 0 Å². The van der Waals surface area contributed by atoms with Gasteiger partial charge < -0.3 is 5.11 Å². The Labute approximate surface area is 138 Å². The molecule has 1 aliphatic rings. The highest BCUT2D eigenvalue weighted by Gasteiger charge is 2.23. The third kappa shape index (κ3) is 3.08. The molecule has 3 heterocycles. The van der Waals surface area contributed by atoms with E-state index in [0.717, 1.165) is 35.9 Å². The Kier molecular flexibility index (Phi) is 4.45. The molecule has 1 atom stereocenters. The van der Waals surface area contributed by atoms with Crippen LogP contribution in [0.2, 0.25) is 0 Å². The number of aromatic hydroxyl groups is 1. The standard InChI is InChI=1S/C16H19N5O3/c1-20-15(23)12(14(22)19-16(20)24)10-18-21-8-3-2-6-13(21)11-5-4-7-17-9-11/h4-5,7,9-10,13,23H,2-3,6,8H2,1H3,(H,19,22,24)/b18-10+. The molecule has 2 N–H and O–H groups in total. The molecule has 24 heavy (non-hydrogen) atoms. The molecular formula is C16H19N5O3. The van der Waals surface area contributed by atoms with Gasteiger partial charge >= 0.3 is 5.69 Å². The van der Waals surface area contributed by atoms with Gasteiger partial charge in [-0.2, -0.15) is 5.10 Å². The molecule has 8 nitrogen and oxygen atoms in total. The van der Waals surface area contributed by atoms with Crippen molar-refractivity contribution >= 4 is 6.21 Å². The number of aromatic nitrogens is 3. The molecule has 0 spiro atoms. The van der Waals surface area contributed by atoms with Crippen molar-refractivity contribution < 1.29 is 5.11 Å². The van der Waals surface area contributed by atoms with Gasteiger partial charge in [-0.05, 0) is 30.9 Å². The largest absolute Gasteiger partial charge is 0.494 e. The molecule has 0 amide bonds. The van der Waals surface area contributed by atoms with E-state index in [-0.39, 0.29) is 11.6 Å². The Bertz CT molecular complexity index is 856. The fourth-order valence-corrected chi connectivity index (χ4v) is 2.84. The van der Waals surface area contributed by atoms with Crippen LogP contribution >= 0.6 is 0 Å². The summed E-state index contributed by atoms with van der Waals surface area (Å²) in [4.78, 5) is 29.6. The minimum absolute atomic E-state index is 0.0346. The average molecular weight is 329 g/mol. The summed E-state index contributed by atoms with van der Waals surface area (Å²) in [5.41, 5.74) is -0.296. The predicted molar refractivity (Wildman–Crippen MR) is 89.1 cm³/mol. The molecule has 1 saturated heterocycles. The number of hydrogen-bond donors (Lipinski definition) is 2. The number of piperidine rings is 1. The fourth-order valence-electron chi connectivity index (χ4n) is 2.84. The van der Waals surface area contributed by atoms with E-state index in [1.54, 1.807) is 6.20 Å². The van der Waals surface area contributed by atoms with Crippen LogP contribution < -0.4 is 11.2 Å². The van der Waals surface area contributed by atoms with Crippen molar-refractivity contribution in [2.45, 2.75) is 25.3 Å². The molecule has 1 fully saturated rings. The number of rotatable bonds is 3. The second kappa shape index (κ2) is 6.69. The lowest BCUT2D eigenvalue weighted by Crippen LogP contribution is -2.32. The second-order valence-corrected chi connectivity index (χ2v) is 5.76. The van der Waals surface area contributed by atoms with Crippen LogP contribution in [0.25, 0.3) is 0 Å². The number of hydrazone groups is 1. The minimum Gasteiger partial charge on any atom is -0.494 e. The molecule has 0 saturated carbocycles. The van der Waals surface area contributed by atoms with Crippen molar-refractivity contribution in [3.8, 4) is 5.88 Å². The van der Waals surface area contributed by atoms with Crippen molar-refractivity contribution in [1.82, 2.24) is 19.5 Å². The Morgan fingerprint density at radius 1 is 1.42 bits per heavy atom. The van der Waals surface area contributed by atoms with Gasteiger partial charge in [0.25, 0.3) is 5.56 Å². The van der Waals surface area contributed by atoms with Gasteiger partial charge in [-0.3, -0.25) is 24.3 Å². The number of hydrogen-bond acceptors (Lipinski definition) is 6. The Balaban J connectivity index is 1.92. The highest BCUT2D eigenvalue weighted by atomic mass is 16.3. The minimum atomic E-state index is -0.666. The average Bonchev–Trinajstić information content (AvgIpc) is 2.61. The van der Waals surface area contributed by atoms with Crippen LogP contribution in [0.15, 0.2) is 39.2 Å². The first kappa shape index (κ1) is 16.0. The molecule has 0 aromatic carbocycles. The van der Waals surface area contributed by atoms with Gasteiger partial charge in [-0.25, -0.2) is 4.79 Å². The van der Waals surface area contributed by atoms with Gasteiger partial charge in [0.1, 0.15) is 5.56 Å². The van der Waals surface area contributed by atoms with Crippen LogP contribution in [0.4, 0.5) is 0 Å². The summed E-state index contributed by atoms with van der Waals surface area (Å²) >= 11 is 0. The summed E-state index contributed by atoms with van der Waals surface area (Å²) in [5, 5.41) is 16.3. The molecule has 3 rings (SSSR count). The van der Waals surface area contributed by atoms with Crippen LogP contribution in [0, 0.1) is 0 Å². The van der Waals surface area contributed by atoms with Gasteiger partial charge in [-0.1, -0.05) is 6.07 Å². The van der Waals surface area contributed by atoms with Crippen molar-refractivity contribution in [3.63, 3.8) is 0 Å². The third-order valence-corrected chi connectivity index (χ3v) is 4.21. The van der Waals surface area contributed by atoms with Gasteiger partial charge in [0, 0.05) is 26.0 Å². The van der Waals surface area contributed by atoms with E-state index in [2.05, 4.69) is 15.1 Å². The Morgan fingerprint density at radius 3 is 3.00 bits per heavy atom. The van der Waals surface area contributed by atoms with Crippen molar-refractivity contribution in [1.29, 1.82) is 0 Å². The van der Waals surface area contributed by atoms with Crippen LogP contribution in [-0.4, -0.2) is 37.4 Å². The lowest BCUT2D eigenvalue weighted by molar-refractivity contribution is 0.156. The summed E-state index contributed by atoms with van der Waals surface area (Å²) in [7, 11) is 1.38. The fraction of sp³-hybridized carbons (Fsp3) is 0.375. The van der Waals surface area contributed by atoms with E-state index in [9.17, 15) is 14.7 Å². The smallest absolute Gasteiger partial charge is 0.330 e. The number of nitrogens with one attached hydrogen (secondary N) is 1. The summed E-state index contributed by atoms with van der Waals surface area (Å²) in [6, 6.07) is 3.97. The number of pyridine rings is 1. The van der Waals surface area contributed by atoms with Crippen LogP contribution in [0.5, 0.6) is 5.88 Å².